The van der Waals surface area contributed by atoms with E-state index in [1.807, 2.05) is 34.9 Å². The van der Waals surface area contributed by atoms with E-state index in [0.717, 1.165) is 22.5 Å². The lowest BCUT2D eigenvalue weighted by molar-refractivity contribution is 0.546. The Balaban J connectivity index is 1.81. The van der Waals surface area contributed by atoms with Gasteiger partial charge in [0.05, 0.1) is 24.6 Å². The van der Waals surface area contributed by atoms with Crippen molar-refractivity contribution in [1.29, 1.82) is 0 Å². The molecule has 0 fully saturated rings. The molecule has 104 valence electrons. The Morgan fingerprint density at radius 3 is 2.80 bits per heavy atom. The standard InChI is InChI=1S/C14H18N6/c1-10(2)20-14-11(7-18-20)6-12(8-17-14)16-9-13-15-4-5-19(13)3/h4-8,10,16H,9H2,1-3H3. The van der Waals surface area contributed by atoms with Gasteiger partial charge in [-0.2, -0.15) is 5.10 Å². The van der Waals surface area contributed by atoms with Gasteiger partial charge in [0.25, 0.3) is 0 Å². The topological polar surface area (TPSA) is 60.6 Å². The van der Waals surface area contributed by atoms with E-state index in [1.165, 1.54) is 0 Å². The van der Waals surface area contributed by atoms with Crippen molar-refractivity contribution in [1.82, 2.24) is 24.3 Å². The molecule has 3 heterocycles. The summed E-state index contributed by atoms with van der Waals surface area (Å²) in [6, 6.07) is 2.38. The molecule has 0 saturated carbocycles. The quantitative estimate of drug-likeness (QED) is 0.790. The first kappa shape index (κ1) is 12.7. The Morgan fingerprint density at radius 1 is 1.25 bits per heavy atom. The van der Waals surface area contributed by atoms with Crippen LogP contribution in [0.3, 0.4) is 0 Å². The van der Waals surface area contributed by atoms with Crippen LogP contribution in [0.25, 0.3) is 11.0 Å². The summed E-state index contributed by atoms with van der Waals surface area (Å²) in [5.41, 5.74) is 1.89. The van der Waals surface area contributed by atoms with Gasteiger partial charge in [0.1, 0.15) is 5.82 Å². The number of anilines is 1. The Morgan fingerprint density at radius 2 is 2.10 bits per heavy atom. The van der Waals surface area contributed by atoms with Gasteiger partial charge < -0.3 is 9.88 Å². The van der Waals surface area contributed by atoms with Crippen LogP contribution in [0.15, 0.2) is 30.9 Å². The summed E-state index contributed by atoms with van der Waals surface area (Å²) in [7, 11) is 1.98. The third-order valence-corrected chi connectivity index (χ3v) is 3.29. The van der Waals surface area contributed by atoms with Crippen molar-refractivity contribution in [3.05, 3.63) is 36.7 Å². The Bertz CT molecular complexity index is 724. The Kier molecular flexibility index (Phi) is 3.14. The van der Waals surface area contributed by atoms with Crippen LogP contribution in [0.4, 0.5) is 5.69 Å². The molecular formula is C14H18N6. The number of fused-ring (bicyclic) bond motifs is 1. The lowest BCUT2D eigenvalue weighted by atomic mass is 10.3. The first-order valence-electron chi connectivity index (χ1n) is 6.68. The van der Waals surface area contributed by atoms with Crippen LogP contribution in [0.1, 0.15) is 25.7 Å². The minimum atomic E-state index is 0.311. The van der Waals surface area contributed by atoms with Gasteiger partial charge in [-0.25, -0.2) is 14.6 Å². The predicted octanol–water partition coefficient (Wildman–Crippen LogP) is 2.36. The Labute approximate surface area is 117 Å². The number of hydrogen-bond donors (Lipinski definition) is 1. The molecule has 0 amide bonds. The highest BCUT2D eigenvalue weighted by molar-refractivity contribution is 5.78. The first-order valence-corrected chi connectivity index (χ1v) is 6.68. The number of aryl methyl sites for hydroxylation is 1. The van der Waals surface area contributed by atoms with Gasteiger partial charge in [-0.15, -0.1) is 0 Å². The van der Waals surface area contributed by atoms with E-state index in [-0.39, 0.29) is 0 Å². The van der Waals surface area contributed by atoms with Crippen LogP contribution < -0.4 is 5.32 Å². The van der Waals surface area contributed by atoms with Gasteiger partial charge in [0, 0.05) is 30.9 Å². The van der Waals surface area contributed by atoms with Crippen LogP contribution >= 0.6 is 0 Å². The maximum absolute atomic E-state index is 4.50. The summed E-state index contributed by atoms with van der Waals surface area (Å²) in [6.45, 7) is 4.87. The lowest BCUT2D eigenvalue weighted by Gasteiger charge is -2.08. The van der Waals surface area contributed by atoms with Crippen molar-refractivity contribution in [2.75, 3.05) is 5.32 Å². The second-order valence-electron chi connectivity index (χ2n) is 5.13. The van der Waals surface area contributed by atoms with Gasteiger partial charge in [0.2, 0.25) is 0 Å². The van der Waals surface area contributed by atoms with E-state index in [9.17, 15) is 0 Å². The van der Waals surface area contributed by atoms with E-state index in [0.29, 0.717) is 12.6 Å². The van der Waals surface area contributed by atoms with E-state index in [4.69, 9.17) is 0 Å². The van der Waals surface area contributed by atoms with Crippen molar-refractivity contribution in [2.24, 2.45) is 7.05 Å². The first-order chi connectivity index (χ1) is 9.65. The van der Waals surface area contributed by atoms with Crippen molar-refractivity contribution < 1.29 is 0 Å². The van der Waals surface area contributed by atoms with Gasteiger partial charge >= 0.3 is 0 Å². The number of pyridine rings is 1. The predicted molar refractivity (Wildman–Crippen MR) is 78.4 cm³/mol. The molecule has 0 unspecified atom stereocenters. The summed E-state index contributed by atoms with van der Waals surface area (Å²) >= 11 is 0. The average Bonchev–Trinajstić information content (AvgIpc) is 3.02. The van der Waals surface area contributed by atoms with Gasteiger partial charge in [-0.3, -0.25) is 0 Å². The molecule has 0 aliphatic rings. The van der Waals surface area contributed by atoms with Crippen LogP contribution in [0.5, 0.6) is 0 Å². The van der Waals surface area contributed by atoms with E-state index in [1.54, 1.807) is 6.20 Å². The molecule has 3 rings (SSSR count). The summed E-state index contributed by atoms with van der Waals surface area (Å²) < 4.78 is 3.92. The number of nitrogens with zero attached hydrogens (tertiary/aromatic N) is 5. The van der Waals surface area contributed by atoms with Crippen molar-refractivity contribution in [3.63, 3.8) is 0 Å². The molecule has 0 radical (unpaired) electrons. The fourth-order valence-corrected chi connectivity index (χ4v) is 2.16. The van der Waals surface area contributed by atoms with Crippen LogP contribution in [-0.4, -0.2) is 24.3 Å². The molecule has 3 aromatic heterocycles. The number of aromatic nitrogens is 5. The molecule has 6 nitrogen and oxygen atoms in total. The zero-order valence-electron chi connectivity index (χ0n) is 11.9. The summed E-state index contributed by atoms with van der Waals surface area (Å²) in [4.78, 5) is 8.78. The summed E-state index contributed by atoms with van der Waals surface area (Å²) in [6.07, 6.45) is 7.43. The molecule has 0 spiro atoms. The van der Waals surface area contributed by atoms with Crippen LogP contribution in [0.2, 0.25) is 0 Å². The fourth-order valence-electron chi connectivity index (χ4n) is 2.16. The fraction of sp³-hybridized carbons (Fsp3) is 0.357. The minimum Gasteiger partial charge on any atom is -0.377 e. The normalized spacial score (nSPS) is 11.4. The lowest BCUT2D eigenvalue weighted by Crippen LogP contribution is -2.06. The maximum atomic E-state index is 4.50. The van der Waals surface area contributed by atoms with Crippen LogP contribution in [-0.2, 0) is 13.6 Å². The number of nitrogens with one attached hydrogen (secondary N) is 1. The summed E-state index contributed by atoms with van der Waals surface area (Å²) in [5, 5.41) is 8.75. The molecule has 0 aliphatic carbocycles. The second kappa shape index (κ2) is 4.96. The highest BCUT2D eigenvalue weighted by Gasteiger charge is 2.08. The third-order valence-electron chi connectivity index (χ3n) is 3.29. The number of rotatable bonds is 4. The molecule has 1 N–H and O–H groups in total. The van der Waals surface area contributed by atoms with Crippen LogP contribution in [0, 0.1) is 0 Å². The molecule has 0 aromatic carbocycles. The Hall–Kier alpha value is -2.37. The van der Waals surface area contributed by atoms with Gasteiger partial charge in [-0.1, -0.05) is 0 Å². The molecule has 6 heteroatoms. The maximum Gasteiger partial charge on any atom is 0.158 e. The van der Waals surface area contributed by atoms with Crippen molar-refractivity contribution in [2.45, 2.75) is 26.4 Å². The second-order valence-corrected chi connectivity index (χ2v) is 5.13. The highest BCUT2D eigenvalue weighted by atomic mass is 15.3. The van der Waals surface area contributed by atoms with Gasteiger partial charge in [0.15, 0.2) is 5.65 Å². The largest absolute Gasteiger partial charge is 0.377 e. The number of hydrogen-bond acceptors (Lipinski definition) is 4. The minimum absolute atomic E-state index is 0.311. The van der Waals surface area contributed by atoms with Gasteiger partial charge in [-0.05, 0) is 19.9 Å². The molecule has 0 bridgehead atoms. The monoisotopic (exact) mass is 270 g/mol. The van der Waals surface area contributed by atoms with E-state index >= 15 is 0 Å². The van der Waals surface area contributed by atoms with E-state index < -0.39 is 0 Å². The molecule has 20 heavy (non-hydrogen) atoms. The highest BCUT2D eigenvalue weighted by Crippen LogP contribution is 2.19. The molecule has 0 aliphatic heterocycles. The average molecular weight is 270 g/mol. The summed E-state index contributed by atoms with van der Waals surface area (Å²) in [5.74, 6) is 0.989. The third kappa shape index (κ3) is 2.24. The zero-order chi connectivity index (χ0) is 14.1. The zero-order valence-corrected chi connectivity index (χ0v) is 11.9. The SMILES string of the molecule is CC(C)n1ncc2cc(NCc3nccn3C)cnc21. The van der Waals surface area contributed by atoms with Crippen molar-refractivity contribution >= 4 is 16.7 Å². The molecule has 3 aromatic rings. The number of imidazole rings is 1. The van der Waals surface area contributed by atoms with Crippen molar-refractivity contribution in [3.8, 4) is 0 Å². The molecule has 0 saturated heterocycles. The molecule has 0 atom stereocenters. The van der Waals surface area contributed by atoms with E-state index in [2.05, 4.69) is 40.3 Å². The molecular weight excluding hydrogens is 252 g/mol. The smallest absolute Gasteiger partial charge is 0.158 e.